The molecule has 1 fully saturated rings. The van der Waals surface area contributed by atoms with E-state index in [9.17, 15) is 19.7 Å². The molecule has 0 amide bonds. The van der Waals surface area contributed by atoms with Crippen molar-refractivity contribution in [2.24, 2.45) is 0 Å². The molecule has 170 valence electrons. The normalized spacial score (nSPS) is 15.7. The zero-order valence-electron chi connectivity index (χ0n) is 17.2. The highest BCUT2D eigenvalue weighted by Gasteiger charge is 2.16. The van der Waals surface area contributed by atoms with Crippen LogP contribution in [0.4, 0.5) is 0 Å². The lowest BCUT2D eigenvalue weighted by Gasteiger charge is -2.07. The van der Waals surface area contributed by atoms with Crippen molar-refractivity contribution in [3.8, 4) is 5.75 Å². The molecule has 1 atom stereocenters. The largest absolute Gasteiger partial charge is 0.463 e. The van der Waals surface area contributed by atoms with Gasteiger partial charge in [-0.2, -0.15) is 0 Å². The lowest BCUT2D eigenvalue weighted by molar-refractivity contribution is -0.757. The highest BCUT2D eigenvalue weighted by Crippen LogP contribution is 2.39. The number of nitrogens with zero attached hydrogens (tertiary/aromatic N) is 1. The van der Waals surface area contributed by atoms with E-state index in [2.05, 4.69) is 4.84 Å². The van der Waals surface area contributed by atoms with Crippen molar-refractivity contribution in [1.82, 2.24) is 0 Å². The molecular weight excluding hydrogens is 442 g/mol. The van der Waals surface area contributed by atoms with Crippen molar-refractivity contribution in [3.63, 3.8) is 0 Å². The number of carbonyl (C=O) groups is 2. The first-order valence-electron chi connectivity index (χ1n) is 10.2. The predicted molar refractivity (Wildman–Crippen MR) is 121 cm³/mol. The van der Waals surface area contributed by atoms with Crippen LogP contribution in [0.3, 0.4) is 0 Å². The Bertz CT molecular complexity index is 734. The third-order valence-electron chi connectivity index (χ3n) is 4.39. The molecule has 8 nitrogen and oxygen atoms in total. The Morgan fingerprint density at radius 3 is 2.61 bits per heavy atom. The smallest absolute Gasteiger partial charge is 0.330 e. The predicted octanol–water partition coefficient (Wildman–Crippen LogP) is 4.85. The summed E-state index contributed by atoms with van der Waals surface area (Å²) in [4.78, 5) is 37.8. The van der Waals surface area contributed by atoms with Gasteiger partial charge in [-0.15, -0.1) is 10.1 Å². The van der Waals surface area contributed by atoms with Gasteiger partial charge in [-0.25, -0.2) is 4.79 Å². The number of ether oxygens (including phenoxy) is 2. The van der Waals surface area contributed by atoms with E-state index >= 15 is 0 Å². The fourth-order valence-electron chi connectivity index (χ4n) is 2.76. The Hall–Kier alpha value is -2.20. The van der Waals surface area contributed by atoms with Crippen molar-refractivity contribution in [3.05, 3.63) is 46.0 Å². The minimum atomic E-state index is -0.850. The van der Waals surface area contributed by atoms with Crippen LogP contribution in [0.25, 0.3) is 6.08 Å². The zero-order valence-corrected chi connectivity index (χ0v) is 18.9. The van der Waals surface area contributed by atoms with Crippen LogP contribution in [0.5, 0.6) is 5.75 Å². The minimum Gasteiger partial charge on any atom is -0.463 e. The van der Waals surface area contributed by atoms with Crippen molar-refractivity contribution >= 4 is 39.6 Å². The molecule has 1 aromatic rings. The third-order valence-corrected chi connectivity index (χ3v) is 7.39. The number of hydrogen-bond donors (Lipinski definition) is 0. The molecule has 1 aromatic carbocycles. The second-order valence-corrected chi connectivity index (χ2v) is 9.67. The van der Waals surface area contributed by atoms with Gasteiger partial charge in [-0.3, -0.25) is 4.79 Å². The Labute approximate surface area is 189 Å². The summed E-state index contributed by atoms with van der Waals surface area (Å²) in [6.07, 6.45) is 8.52. The molecule has 1 aliphatic rings. The molecule has 0 spiro atoms. The Balaban J connectivity index is 1.58. The summed E-state index contributed by atoms with van der Waals surface area (Å²) in [5, 5.41) is 9.87. The van der Waals surface area contributed by atoms with Crippen LogP contribution >= 0.6 is 21.6 Å². The Kier molecular flexibility index (Phi) is 11.9. The van der Waals surface area contributed by atoms with Crippen molar-refractivity contribution in [2.75, 3.05) is 19.0 Å². The van der Waals surface area contributed by atoms with Crippen LogP contribution in [0.15, 0.2) is 30.3 Å². The van der Waals surface area contributed by atoms with E-state index in [1.807, 2.05) is 21.6 Å². The van der Waals surface area contributed by atoms with Crippen LogP contribution in [-0.2, 0) is 19.2 Å². The maximum absolute atomic E-state index is 12.0. The van der Waals surface area contributed by atoms with E-state index in [0.717, 1.165) is 30.1 Å². The first-order chi connectivity index (χ1) is 15.0. The summed E-state index contributed by atoms with van der Waals surface area (Å²) in [5.41, 5.74) is 0.767. The second kappa shape index (κ2) is 14.7. The number of rotatable bonds is 14. The van der Waals surface area contributed by atoms with Gasteiger partial charge in [0.05, 0.1) is 13.2 Å². The van der Waals surface area contributed by atoms with Crippen molar-refractivity contribution in [2.45, 2.75) is 50.2 Å². The molecule has 31 heavy (non-hydrogen) atoms. The Morgan fingerprint density at radius 2 is 1.90 bits per heavy atom. The van der Waals surface area contributed by atoms with Gasteiger partial charge in [0.15, 0.2) is 0 Å². The van der Waals surface area contributed by atoms with Gasteiger partial charge < -0.3 is 14.3 Å². The monoisotopic (exact) mass is 469 g/mol. The molecule has 0 bridgehead atoms. The maximum atomic E-state index is 12.0. The maximum Gasteiger partial charge on any atom is 0.330 e. The number of hydrogen-bond acceptors (Lipinski definition) is 9. The van der Waals surface area contributed by atoms with Gasteiger partial charge in [0.2, 0.25) is 0 Å². The Morgan fingerprint density at radius 1 is 1.13 bits per heavy atom. The minimum absolute atomic E-state index is 0.0177. The number of benzene rings is 1. The molecule has 0 N–H and O–H groups in total. The molecule has 0 aromatic heterocycles. The first-order valence-corrected chi connectivity index (χ1v) is 12.6. The summed E-state index contributed by atoms with van der Waals surface area (Å²) in [5.74, 6) is 0.974. The molecule has 1 aliphatic heterocycles. The molecular formula is C21H27NO7S2. The molecule has 10 heteroatoms. The van der Waals surface area contributed by atoms with Crippen LogP contribution < -0.4 is 4.74 Å². The molecule has 0 radical (unpaired) electrons. The summed E-state index contributed by atoms with van der Waals surface area (Å²) < 4.78 is 10.4. The molecule has 2 rings (SSSR count). The van der Waals surface area contributed by atoms with Gasteiger partial charge in [0.1, 0.15) is 5.75 Å². The quantitative estimate of drug-likeness (QED) is 0.0719. The number of unbranched alkanes of at least 4 members (excludes halogenated alkanes) is 2. The molecule has 0 saturated carbocycles. The summed E-state index contributed by atoms with van der Waals surface area (Å²) >= 11 is 0. The van der Waals surface area contributed by atoms with Gasteiger partial charge in [-0.1, -0.05) is 40.1 Å². The SMILES string of the molecule is O=C(/C=C/c1ccc(OC(=O)CCCC[C@@H]2CCSS2)cc1)OCCCCO[N+](=O)[O-]. The molecule has 1 heterocycles. The van der Waals surface area contributed by atoms with E-state index in [0.29, 0.717) is 25.0 Å². The van der Waals surface area contributed by atoms with Crippen LogP contribution in [-0.4, -0.2) is 41.2 Å². The molecule has 0 aliphatic carbocycles. The fourth-order valence-corrected chi connectivity index (χ4v) is 5.79. The summed E-state index contributed by atoms with van der Waals surface area (Å²) in [6, 6.07) is 6.86. The average Bonchev–Trinajstić information content (AvgIpc) is 3.26. The summed E-state index contributed by atoms with van der Waals surface area (Å²) in [6.45, 7) is 0.147. The van der Waals surface area contributed by atoms with E-state index in [-0.39, 0.29) is 19.2 Å². The second-order valence-electron chi connectivity index (χ2n) is 6.88. The fraction of sp³-hybridized carbons (Fsp3) is 0.524. The number of carbonyl (C=O) groups excluding carboxylic acids is 2. The van der Waals surface area contributed by atoms with Crippen molar-refractivity contribution in [1.29, 1.82) is 0 Å². The van der Waals surface area contributed by atoms with E-state index in [4.69, 9.17) is 9.47 Å². The lowest BCUT2D eigenvalue weighted by Crippen LogP contribution is -2.08. The topological polar surface area (TPSA) is 105 Å². The first kappa shape index (κ1) is 25.1. The van der Waals surface area contributed by atoms with Gasteiger partial charge in [0, 0.05) is 23.5 Å². The standard InChI is InChI=1S/C21H27NO7S2/c23-20(27-14-3-4-15-28-22(25)26)12-9-17-7-10-18(11-8-17)29-21(24)6-2-1-5-19-13-16-30-31-19/h7-12,19H,1-6,13-16H2/b12-9+/t19-/m1/s1. The summed E-state index contributed by atoms with van der Waals surface area (Å²) in [7, 11) is 3.89. The highest BCUT2D eigenvalue weighted by atomic mass is 33.1. The van der Waals surface area contributed by atoms with Crippen LogP contribution in [0.1, 0.15) is 50.5 Å². The van der Waals surface area contributed by atoms with Crippen molar-refractivity contribution < 1.29 is 29.0 Å². The molecule has 0 unspecified atom stereocenters. The van der Waals surface area contributed by atoms with Gasteiger partial charge in [-0.05, 0) is 55.9 Å². The van der Waals surface area contributed by atoms with E-state index in [1.54, 1.807) is 30.3 Å². The van der Waals surface area contributed by atoms with E-state index < -0.39 is 11.1 Å². The van der Waals surface area contributed by atoms with E-state index in [1.165, 1.54) is 18.2 Å². The number of esters is 2. The third kappa shape index (κ3) is 11.7. The van der Waals surface area contributed by atoms with Gasteiger partial charge >= 0.3 is 11.9 Å². The zero-order chi connectivity index (χ0) is 22.3. The van der Waals surface area contributed by atoms with Crippen LogP contribution in [0, 0.1) is 10.1 Å². The van der Waals surface area contributed by atoms with Crippen LogP contribution in [0.2, 0.25) is 0 Å². The molecule has 1 saturated heterocycles. The lowest BCUT2D eigenvalue weighted by atomic mass is 10.1. The average molecular weight is 470 g/mol. The van der Waals surface area contributed by atoms with Gasteiger partial charge in [0.25, 0.3) is 5.09 Å². The highest BCUT2D eigenvalue weighted by molar-refractivity contribution is 8.77.